The van der Waals surface area contributed by atoms with Crippen LogP contribution in [0.2, 0.25) is 0 Å². The normalized spacial score (nSPS) is 22.3. The number of anilines is 1. The Morgan fingerprint density at radius 2 is 2.32 bits per heavy atom. The number of esters is 1. The van der Waals surface area contributed by atoms with Crippen LogP contribution in [0.1, 0.15) is 16.9 Å². The maximum absolute atomic E-state index is 11.4. The van der Waals surface area contributed by atoms with Crippen LogP contribution in [-0.2, 0) is 9.53 Å². The number of carbonyl (C=O) groups excluding carboxylic acids is 1. The van der Waals surface area contributed by atoms with Crippen LogP contribution in [0, 0.1) is 0 Å². The number of hydrogen-bond donors (Lipinski definition) is 2. The molecule has 1 aromatic rings. The monoisotopic (exact) mass is 265 g/mol. The molecule has 7 heteroatoms. The van der Waals surface area contributed by atoms with Gasteiger partial charge in [-0.25, -0.2) is 9.78 Å². The van der Waals surface area contributed by atoms with Gasteiger partial charge in [0.2, 0.25) is 0 Å². The van der Waals surface area contributed by atoms with Crippen molar-refractivity contribution in [3.8, 4) is 0 Å². The molecule has 1 atom stereocenters. The SMILES string of the molecule is COC(=O)c1cc(N2CCC(N)(C(=O)O)C2)ccn1. The van der Waals surface area contributed by atoms with Crippen LogP contribution in [0.5, 0.6) is 0 Å². The summed E-state index contributed by atoms with van der Waals surface area (Å²) in [5.74, 6) is -1.55. The maximum Gasteiger partial charge on any atom is 0.356 e. The lowest BCUT2D eigenvalue weighted by Gasteiger charge is -2.21. The van der Waals surface area contributed by atoms with Crippen LogP contribution in [0.3, 0.4) is 0 Å². The molecule has 1 unspecified atom stereocenters. The first-order chi connectivity index (χ1) is 8.96. The summed E-state index contributed by atoms with van der Waals surface area (Å²) in [6.45, 7) is 0.723. The fraction of sp³-hybridized carbons (Fsp3) is 0.417. The lowest BCUT2D eigenvalue weighted by molar-refractivity contribution is -0.142. The highest BCUT2D eigenvalue weighted by molar-refractivity contribution is 5.88. The summed E-state index contributed by atoms with van der Waals surface area (Å²) in [5.41, 5.74) is 5.46. The molecule has 3 N–H and O–H groups in total. The Balaban J connectivity index is 2.20. The first-order valence-corrected chi connectivity index (χ1v) is 5.78. The summed E-state index contributed by atoms with van der Waals surface area (Å²) < 4.78 is 4.59. The van der Waals surface area contributed by atoms with Gasteiger partial charge in [0.25, 0.3) is 0 Å². The van der Waals surface area contributed by atoms with E-state index in [-0.39, 0.29) is 12.2 Å². The molecule has 0 aromatic carbocycles. The lowest BCUT2D eigenvalue weighted by Crippen LogP contribution is -2.50. The highest BCUT2D eigenvalue weighted by Crippen LogP contribution is 2.25. The second-order valence-electron chi connectivity index (χ2n) is 4.52. The van der Waals surface area contributed by atoms with Gasteiger partial charge in [0.05, 0.1) is 7.11 Å². The Morgan fingerprint density at radius 1 is 1.58 bits per heavy atom. The quantitative estimate of drug-likeness (QED) is 0.732. The molecule has 19 heavy (non-hydrogen) atoms. The average molecular weight is 265 g/mol. The molecule has 0 saturated carbocycles. The zero-order valence-electron chi connectivity index (χ0n) is 10.5. The Kier molecular flexibility index (Phi) is 3.39. The number of carboxylic acid groups (broad SMARTS) is 1. The summed E-state index contributed by atoms with van der Waals surface area (Å²) >= 11 is 0. The van der Waals surface area contributed by atoms with Gasteiger partial charge in [0.15, 0.2) is 0 Å². The fourth-order valence-electron chi connectivity index (χ4n) is 2.06. The Labute approximate surface area is 110 Å². The highest BCUT2D eigenvalue weighted by atomic mass is 16.5. The number of nitrogens with two attached hydrogens (primary N) is 1. The van der Waals surface area contributed by atoms with Gasteiger partial charge in [-0.05, 0) is 18.6 Å². The van der Waals surface area contributed by atoms with E-state index < -0.39 is 17.5 Å². The summed E-state index contributed by atoms with van der Waals surface area (Å²) in [6.07, 6.45) is 1.84. The van der Waals surface area contributed by atoms with Crippen molar-refractivity contribution in [3.05, 3.63) is 24.0 Å². The lowest BCUT2D eigenvalue weighted by atomic mass is 10.0. The topological polar surface area (TPSA) is 106 Å². The number of methoxy groups -OCH3 is 1. The van der Waals surface area contributed by atoms with Crippen molar-refractivity contribution in [2.45, 2.75) is 12.0 Å². The van der Waals surface area contributed by atoms with Gasteiger partial charge < -0.3 is 20.5 Å². The Hall–Kier alpha value is -2.15. The van der Waals surface area contributed by atoms with E-state index in [1.165, 1.54) is 13.3 Å². The van der Waals surface area contributed by atoms with E-state index in [0.29, 0.717) is 18.7 Å². The third kappa shape index (κ3) is 2.50. The number of carboxylic acids is 1. The average Bonchev–Trinajstić information content (AvgIpc) is 2.82. The second-order valence-corrected chi connectivity index (χ2v) is 4.52. The van der Waals surface area contributed by atoms with Gasteiger partial charge >= 0.3 is 11.9 Å². The molecule has 1 fully saturated rings. The molecule has 0 bridgehead atoms. The minimum absolute atomic E-state index is 0.185. The van der Waals surface area contributed by atoms with E-state index in [1.54, 1.807) is 12.1 Å². The fourth-order valence-corrected chi connectivity index (χ4v) is 2.06. The number of nitrogens with zero attached hydrogens (tertiary/aromatic N) is 2. The van der Waals surface area contributed by atoms with Crippen LogP contribution < -0.4 is 10.6 Å². The first-order valence-electron chi connectivity index (χ1n) is 5.78. The van der Waals surface area contributed by atoms with Crippen molar-refractivity contribution in [3.63, 3.8) is 0 Å². The number of aromatic nitrogens is 1. The van der Waals surface area contributed by atoms with Crippen molar-refractivity contribution in [1.29, 1.82) is 0 Å². The number of carbonyl (C=O) groups is 2. The molecular formula is C12H15N3O4. The Bertz CT molecular complexity index is 519. The molecule has 1 aliphatic rings. The van der Waals surface area contributed by atoms with Crippen LogP contribution >= 0.6 is 0 Å². The van der Waals surface area contributed by atoms with E-state index in [0.717, 1.165) is 0 Å². The molecule has 0 spiro atoms. The first kappa shape index (κ1) is 13.3. The summed E-state index contributed by atoms with van der Waals surface area (Å²) in [7, 11) is 1.28. The number of pyridine rings is 1. The van der Waals surface area contributed by atoms with Crippen molar-refractivity contribution in [2.75, 3.05) is 25.1 Å². The molecule has 1 saturated heterocycles. The maximum atomic E-state index is 11.4. The minimum atomic E-state index is -1.24. The molecule has 1 aliphatic heterocycles. The van der Waals surface area contributed by atoms with Crippen LogP contribution in [0.25, 0.3) is 0 Å². The van der Waals surface area contributed by atoms with Crippen molar-refractivity contribution >= 4 is 17.6 Å². The molecule has 102 valence electrons. The second kappa shape index (κ2) is 4.85. The number of rotatable bonds is 3. The van der Waals surface area contributed by atoms with E-state index in [4.69, 9.17) is 10.8 Å². The zero-order valence-corrected chi connectivity index (χ0v) is 10.5. The summed E-state index contributed by atoms with van der Waals surface area (Å²) in [6, 6.07) is 3.28. The highest BCUT2D eigenvalue weighted by Gasteiger charge is 2.41. The molecule has 0 radical (unpaired) electrons. The minimum Gasteiger partial charge on any atom is -0.480 e. The smallest absolute Gasteiger partial charge is 0.356 e. The van der Waals surface area contributed by atoms with E-state index in [9.17, 15) is 9.59 Å². The van der Waals surface area contributed by atoms with Gasteiger partial charge in [0.1, 0.15) is 11.2 Å². The molecule has 1 aromatic heterocycles. The molecule has 0 amide bonds. The predicted molar refractivity (Wildman–Crippen MR) is 67.0 cm³/mol. The van der Waals surface area contributed by atoms with Crippen molar-refractivity contribution in [2.24, 2.45) is 5.73 Å². The van der Waals surface area contributed by atoms with Gasteiger partial charge in [0, 0.05) is 25.0 Å². The molecular weight excluding hydrogens is 250 g/mol. The van der Waals surface area contributed by atoms with Gasteiger partial charge in [-0.1, -0.05) is 0 Å². The van der Waals surface area contributed by atoms with E-state index in [2.05, 4.69) is 9.72 Å². The third-order valence-corrected chi connectivity index (χ3v) is 3.23. The standard InChI is InChI=1S/C12H15N3O4/c1-19-10(16)9-6-8(2-4-14-9)15-5-3-12(13,7-15)11(17)18/h2,4,6H,3,5,7,13H2,1H3,(H,17,18). The number of ether oxygens (including phenoxy) is 1. The molecule has 7 nitrogen and oxygen atoms in total. The van der Waals surface area contributed by atoms with Crippen LogP contribution in [-0.4, -0.2) is 47.8 Å². The van der Waals surface area contributed by atoms with Crippen molar-refractivity contribution in [1.82, 2.24) is 4.98 Å². The van der Waals surface area contributed by atoms with Crippen LogP contribution in [0.15, 0.2) is 18.3 Å². The summed E-state index contributed by atoms with van der Waals surface area (Å²) in [4.78, 5) is 28.2. The van der Waals surface area contributed by atoms with Gasteiger partial charge in [-0.15, -0.1) is 0 Å². The number of aliphatic carboxylic acids is 1. The van der Waals surface area contributed by atoms with Gasteiger partial charge in [-0.3, -0.25) is 4.79 Å². The van der Waals surface area contributed by atoms with Crippen LogP contribution in [0.4, 0.5) is 5.69 Å². The largest absolute Gasteiger partial charge is 0.480 e. The Morgan fingerprint density at radius 3 is 2.89 bits per heavy atom. The zero-order chi connectivity index (χ0) is 14.0. The van der Waals surface area contributed by atoms with E-state index in [1.807, 2.05) is 4.90 Å². The molecule has 2 rings (SSSR count). The molecule has 2 heterocycles. The van der Waals surface area contributed by atoms with Gasteiger partial charge in [-0.2, -0.15) is 0 Å². The third-order valence-electron chi connectivity index (χ3n) is 3.23. The molecule has 0 aliphatic carbocycles. The predicted octanol–water partition coefficient (Wildman–Crippen LogP) is -0.140. The number of hydrogen-bond acceptors (Lipinski definition) is 6. The van der Waals surface area contributed by atoms with E-state index >= 15 is 0 Å². The van der Waals surface area contributed by atoms with Crippen molar-refractivity contribution < 1.29 is 19.4 Å². The summed E-state index contributed by atoms with van der Waals surface area (Å²) in [5, 5.41) is 9.08.